The van der Waals surface area contributed by atoms with E-state index in [0.717, 1.165) is 12.1 Å². The molecular weight excluding hydrogens is 305 g/mol. The monoisotopic (exact) mass is 314 g/mol. The third kappa shape index (κ3) is 4.32. The van der Waals surface area contributed by atoms with E-state index in [2.05, 4.69) is 9.72 Å². The molecule has 0 radical (unpaired) electrons. The highest BCUT2D eigenvalue weighted by Crippen LogP contribution is 2.28. The summed E-state index contributed by atoms with van der Waals surface area (Å²) >= 11 is 4.84. The standard InChI is InChI=1S/C13H9F3N2O2S/c14-13(15,16)20-9-5-3-8(4-6-9)19-10-2-1-7-18-11(10)12(17)21/h1-7H,(H2,17,21). The molecule has 2 rings (SSSR count). The normalized spacial score (nSPS) is 11.0. The summed E-state index contributed by atoms with van der Waals surface area (Å²) in [5, 5.41) is 0. The quantitative estimate of drug-likeness (QED) is 0.877. The number of aromatic nitrogens is 1. The van der Waals surface area contributed by atoms with Crippen molar-refractivity contribution in [2.24, 2.45) is 5.73 Å². The molecule has 0 saturated carbocycles. The van der Waals surface area contributed by atoms with Crippen LogP contribution in [0, 0.1) is 0 Å². The number of alkyl halides is 3. The molecule has 2 N–H and O–H groups in total. The number of thiocarbonyl (C=S) groups is 1. The van der Waals surface area contributed by atoms with Crippen LogP contribution < -0.4 is 15.2 Å². The van der Waals surface area contributed by atoms with Crippen LogP contribution >= 0.6 is 12.2 Å². The zero-order chi connectivity index (χ0) is 15.5. The largest absolute Gasteiger partial charge is 0.573 e. The number of rotatable bonds is 4. The third-order valence-corrected chi connectivity index (χ3v) is 2.48. The first kappa shape index (κ1) is 15.0. The van der Waals surface area contributed by atoms with E-state index in [1.165, 1.54) is 18.3 Å². The molecule has 0 aliphatic rings. The van der Waals surface area contributed by atoms with Crippen LogP contribution in [0.15, 0.2) is 42.6 Å². The van der Waals surface area contributed by atoms with E-state index < -0.39 is 6.36 Å². The minimum absolute atomic E-state index is 0.0580. The average molecular weight is 314 g/mol. The predicted octanol–water partition coefficient (Wildman–Crippen LogP) is 3.41. The summed E-state index contributed by atoms with van der Waals surface area (Å²) in [6.45, 7) is 0. The summed E-state index contributed by atoms with van der Waals surface area (Å²) in [6.07, 6.45) is -3.23. The van der Waals surface area contributed by atoms with Gasteiger partial charge in [-0.3, -0.25) is 0 Å². The highest BCUT2D eigenvalue weighted by molar-refractivity contribution is 7.80. The van der Waals surface area contributed by atoms with Crippen molar-refractivity contribution in [2.45, 2.75) is 6.36 Å². The van der Waals surface area contributed by atoms with Gasteiger partial charge in [-0.05, 0) is 36.4 Å². The van der Waals surface area contributed by atoms with Crippen molar-refractivity contribution in [3.63, 3.8) is 0 Å². The van der Waals surface area contributed by atoms with Crippen LogP contribution in [-0.4, -0.2) is 16.3 Å². The lowest BCUT2D eigenvalue weighted by atomic mass is 10.3. The van der Waals surface area contributed by atoms with Crippen molar-refractivity contribution in [3.05, 3.63) is 48.3 Å². The zero-order valence-electron chi connectivity index (χ0n) is 10.4. The number of pyridine rings is 1. The Balaban J connectivity index is 2.16. The number of halogens is 3. The van der Waals surface area contributed by atoms with Crippen molar-refractivity contribution in [1.29, 1.82) is 0 Å². The summed E-state index contributed by atoms with van der Waals surface area (Å²) in [6, 6.07) is 8.16. The molecule has 8 heteroatoms. The van der Waals surface area contributed by atoms with Crippen LogP contribution in [0.4, 0.5) is 13.2 Å². The van der Waals surface area contributed by atoms with Crippen molar-refractivity contribution >= 4 is 17.2 Å². The average Bonchev–Trinajstić information content (AvgIpc) is 2.40. The van der Waals surface area contributed by atoms with Crippen LogP contribution in [0.2, 0.25) is 0 Å². The molecule has 0 aliphatic carbocycles. The molecule has 1 aromatic heterocycles. The molecule has 21 heavy (non-hydrogen) atoms. The van der Waals surface area contributed by atoms with E-state index in [9.17, 15) is 13.2 Å². The Hall–Kier alpha value is -2.35. The van der Waals surface area contributed by atoms with Gasteiger partial charge in [0.1, 0.15) is 22.2 Å². The summed E-state index contributed by atoms with van der Waals surface area (Å²) in [5.74, 6) is 0.278. The molecule has 1 aromatic carbocycles. The van der Waals surface area contributed by atoms with Gasteiger partial charge in [-0.15, -0.1) is 13.2 Å². The molecule has 110 valence electrons. The van der Waals surface area contributed by atoms with E-state index in [4.69, 9.17) is 22.7 Å². The maximum Gasteiger partial charge on any atom is 0.573 e. The minimum Gasteiger partial charge on any atom is -0.455 e. The van der Waals surface area contributed by atoms with Crippen LogP contribution in [0.5, 0.6) is 17.2 Å². The molecule has 0 unspecified atom stereocenters. The Labute approximate surface area is 123 Å². The Morgan fingerprint density at radius 3 is 2.29 bits per heavy atom. The van der Waals surface area contributed by atoms with Crippen molar-refractivity contribution in [2.75, 3.05) is 0 Å². The predicted molar refractivity (Wildman–Crippen MR) is 73.3 cm³/mol. The van der Waals surface area contributed by atoms with Crippen LogP contribution in [-0.2, 0) is 0 Å². The van der Waals surface area contributed by atoms with Crippen LogP contribution in [0.25, 0.3) is 0 Å². The lowest BCUT2D eigenvalue weighted by Crippen LogP contribution is -2.16. The molecule has 0 amide bonds. The second kappa shape index (κ2) is 5.96. The molecular formula is C13H9F3N2O2S. The molecule has 0 saturated heterocycles. The molecule has 4 nitrogen and oxygen atoms in total. The van der Waals surface area contributed by atoms with Gasteiger partial charge < -0.3 is 15.2 Å². The molecule has 0 fully saturated rings. The maximum absolute atomic E-state index is 12.0. The third-order valence-electron chi connectivity index (χ3n) is 2.29. The molecule has 1 heterocycles. The van der Waals surface area contributed by atoms with Crippen molar-refractivity contribution in [1.82, 2.24) is 4.98 Å². The fourth-order valence-corrected chi connectivity index (χ4v) is 1.65. The topological polar surface area (TPSA) is 57.4 Å². The van der Waals surface area contributed by atoms with Gasteiger partial charge in [-0.1, -0.05) is 12.2 Å². The van der Waals surface area contributed by atoms with Gasteiger partial charge in [0.15, 0.2) is 5.75 Å². The van der Waals surface area contributed by atoms with Gasteiger partial charge in [0.25, 0.3) is 0 Å². The number of nitrogens with zero attached hydrogens (tertiary/aromatic N) is 1. The second-order valence-corrected chi connectivity index (χ2v) is 4.28. The van der Waals surface area contributed by atoms with Crippen molar-refractivity contribution in [3.8, 4) is 17.2 Å². The fourth-order valence-electron chi connectivity index (χ4n) is 1.49. The van der Waals surface area contributed by atoms with Gasteiger partial charge in [0.05, 0.1) is 0 Å². The summed E-state index contributed by atoms with van der Waals surface area (Å²) in [7, 11) is 0. The van der Waals surface area contributed by atoms with E-state index >= 15 is 0 Å². The minimum atomic E-state index is -4.73. The van der Waals surface area contributed by atoms with Gasteiger partial charge in [-0.2, -0.15) is 0 Å². The number of hydrogen-bond acceptors (Lipinski definition) is 4. The summed E-state index contributed by atoms with van der Waals surface area (Å²) in [4.78, 5) is 4.03. The molecule has 0 spiro atoms. The first-order valence-electron chi connectivity index (χ1n) is 5.63. The molecule has 0 aliphatic heterocycles. The highest BCUT2D eigenvalue weighted by atomic mass is 32.1. The Morgan fingerprint density at radius 2 is 1.71 bits per heavy atom. The van der Waals surface area contributed by atoms with Gasteiger partial charge in [0, 0.05) is 6.20 Å². The molecule has 0 atom stereocenters. The SMILES string of the molecule is NC(=S)c1ncccc1Oc1ccc(OC(F)(F)F)cc1. The summed E-state index contributed by atoms with van der Waals surface area (Å²) in [5.41, 5.74) is 5.80. The van der Waals surface area contributed by atoms with E-state index in [-0.39, 0.29) is 10.7 Å². The number of hydrogen-bond donors (Lipinski definition) is 1. The smallest absolute Gasteiger partial charge is 0.455 e. The summed E-state index contributed by atoms with van der Waals surface area (Å²) < 4.78 is 45.4. The van der Waals surface area contributed by atoms with E-state index in [1.54, 1.807) is 12.1 Å². The fraction of sp³-hybridized carbons (Fsp3) is 0.0769. The van der Waals surface area contributed by atoms with E-state index in [0.29, 0.717) is 17.2 Å². The van der Waals surface area contributed by atoms with Gasteiger partial charge >= 0.3 is 6.36 Å². The Morgan fingerprint density at radius 1 is 1.10 bits per heavy atom. The van der Waals surface area contributed by atoms with Crippen LogP contribution in [0.3, 0.4) is 0 Å². The molecule has 0 bridgehead atoms. The first-order valence-corrected chi connectivity index (χ1v) is 6.04. The van der Waals surface area contributed by atoms with Gasteiger partial charge in [0.2, 0.25) is 0 Å². The highest BCUT2D eigenvalue weighted by Gasteiger charge is 2.30. The lowest BCUT2D eigenvalue weighted by Gasteiger charge is -2.11. The number of nitrogens with two attached hydrogens (primary N) is 1. The van der Waals surface area contributed by atoms with E-state index in [1.807, 2.05) is 0 Å². The second-order valence-electron chi connectivity index (χ2n) is 3.84. The van der Waals surface area contributed by atoms with Gasteiger partial charge in [-0.25, -0.2) is 4.98 Å². The maximum atomic E-state index is 12.0. The Bertz CT molecular complexity index is 645. The van der Waals surface area contributed by atoms with Crippen LogP contribution in [0.1, 0.15) is 5.69 Å². The molecule has 2 aromatic rings. The number of ether oxygens (including phenoxy) is 2. The zero-order valence-corrected chi connectivity index (χ0v) is 11.2. The Kier molecular flexibility index (Phi) is 4.27. The first-order chi connectivity index (χ1) is 9.85. The lowest BCUT2D eigenvalue weighted by molar-refractivity contribution is -0.274. The number of benzene rings is 1. The van der Waals surface area contributed by atoms with Crippen molar-refractivity contribution < 1.29 is 22.6 Å².